The number of carbonyl (C=O) groups excluding carboxylic acids is 3. The van der Waals surface area contributed by atoms with Crippen LogP contribution in [0.1, 0.15) is 105 Å². The van der Waals surface area contributed by atoms with Crippen molar-refractivity contribution >= 4 is 17.8 Å². The van der Waals surface area contributed by atoms with Gasteiger partial charge in [0.15, 0.2) is 0 Å². The molecule has 35 heavy (non-hydrogen) atoms. The van der Waals surface area contributed by atoms with Crippen molar-refractivity contribution in [3.63, 3.8) is 0 Å². The number of aliphatic hydroxyl groups excluding tert-OH is 1. The van der Waals surface area contributed by atoms with Crippen LogP contribution in [0.25, 0.3) is 0 Å². The third-order valence-corrected chi connectivity index (χ3v) is 7.54. The Labute approximate surface area is 212 Å². The standard InChI is InChI=1S/C28H50N2O5/c1-6-7-13-22(26(32)24-21(25(24)31)15-14-18(2)3)29-27(33)23(16-19(4)5)30-28(34)35-17-20-11-9-8-10-12-20/h18-24,26,32H,6-17H2,1-5H3,(H,29,33)(H,30,34)/t21?,22-,23-,24?,26?/m0/s1. The molecular weight excluding hydrogens is 444 g/mol. The highest BCUT2D eigenvalue weighted by Gasteiger charge is 2.54. The molecule has 0 spiro atoms. The zero-order valence-electron chi connectivity index (χ0n) is 22.7. The molecular formula is C28H50N2O5. The van der Waals surface area contributed by atoms with Crippen LogP contribution >= 0.6 is 0 Å². The van der Waals surface area contributed by atoms with Gasteiger partial charge in [-0.3, -0.25) is 9.59 Å². The van der Waals surface area contributed by atoms with Gasteiger partial charge >= 0.3 is 6.09 Å². The van der Waals surface area contributed by atoms with E-state index >= 15 is 0 Å². The first-order chi connectivity index (χ1) is 16.6. The Hall–Kier alpha value is -1.63. The zero-order chi connectivity index (χ0) is 26.0. The molecule has 2 aliphatic carbocycles. The van der Waals surface area contributed by atoms with Crippen molar-refractivity contribution in [1.82, 2.24) is 10.6 Å². The molecule has 0 aromatic carbocycles. The van der Waals surface area contributed by atoms with E-state index in [2.05, 4.69) is 31.4 Å². The minimum atomic E-state index is -0.895. The number of Topliss-reactive ketones (excluding diaryl/α,β-unsaturated/α-hetero) is 1. The molecule has 2 aliphatic rings. The summed E-state index contributed by atoms with van der Waals surface area (Å²) in [6, 6.07) is -1.24. The van der Waals surface area contributed by atoms with Gasteiger partial charge in [0.1, 0.15) is 11.8 Å². The van der Waals surface area contributed by atoms with Crippen molar-refractivity contribution in [3.8, 4) is 0 Å². The molecule has 2 fully saturated rings. The lowest BCUT2D eigenvalue weighted by molar-refractivity contribution is -0.125. The van der Waals surface area contributed by atoms with Gasteiger partial charge in [0.2, 0.25) is 5.91 Å². The van der Waals surface area contributed by atoms with E-state index in [1.807, 2.05) is 13.8 Å². The Morgan fingerprint density at radius 2 is 1.71 bits per heavy atom. The monoisotopic (exact) mass is 494 g/mol. The highest BCUT2D eigenvalue weighted by atomic mass is 16.5. The lowest BCUT2D eigenvalue weighted by Crippen LogP contribution is -2.53. The molecule has 0 aromatic heterocycles. The number of nitrogens with one attached hydrogen (secondary N) is 2. The van der Waals surface area contributed by atoms with Crippen LogP contribution in [0.15, 0.2) is 0 Å². The van der Waals surface area contributed by atoms with Gasteiger partial charge in [-0.2, -0.15) is 0 Å². The van der Waals surface area contributed by atoms with Crippen LogP contribution in [0, 0.1) is 29.6 Å². The first-order valence-corrected chi connectivity index (χ1v) is 14.1. The van der Waals surface area contributed by atoms with Crippen LogP contribution in [0.4, 0.5) is 4.79 Å². The Kier molecular flexibility index (Phi) is 12.5. The normalized spacial score (nSPS) is 23.1. The summed E-state index contributed by atoms with van der Waals surface area (Å²) in [7, 11) is 0. The molecule has 0 bridgehead atoms. The Morgan fingerprint density at radius 1 is 1.03 bits per heavy atom. The van der Waals surface area contributed by atoms with E-state index in [1.165, 1.54) is 19.3 Å². The smallest absolute Gasteiger partial charge is 0.407 e. The van der Waals surface area contributed by atoms with Gasteiger partial charge in [0.05, 0.1) is 24.7 Å². The van der Waals surface area contributed by atoms with Crippen molar-refractivity contribution in [3.05, 3.63) is 0 Å². The fraction of sp³-hybridized carbons (Fsp3) is 0.893. The first kappa shape index (κ1) is 29.6. The molecule has 2 amide bonds. The van der Waals surface area contributed by atoms with E-state index in [0.29, 0.717) is 31.3 Å². The van der Waals surface area contributed by atoms with Crippen LogP contribution < -0.4 is 10.6 Å². The van der Waals surface area contributed by atoms with Crippen LogP contribution in [-0.4, -0.2) is 47.7 Å². The zero-order valence-corrected chi connectivity index (χ0v) is 22.7. The number of carbonyl (C=O) groups is 3. The second kappa shape index (κ2) is 14.8. The molecule has 0 saturated heterocycles. The summed E-state index contributed by atoms with van der Waals surface area (Å²) in [6.07, 6.45) is 8.89. The molecule has 7 nitrogen and oxygen atoms in total. The highest BCUT2D eigenvalue weighted by molar-refractivity contribution is 6.00. The number of ether oxygens (including phenoxy) is 1. The molecule has 5 atom stereocenters. The summed E-state index contributed by atoms with van der Waals surface area (Å²) < 4.78 is 5.46. The van der Waals surface area contributed by atoms with E-state index in [4.69, 9.17) is 4.74 Å². The van der Waals surface area contributed by atoms with Gasteiger partial charge in [0, 0.05) is 5.92 Å². The number of hydrogen-bond donors (Lipinski definition) is 3. The third kappa shape index (κ3) is 10.1. The predicted octanol–water partition coefficient (Wildman–Crippen LogP) is 4.99. The number of aliphatic hydroxyl groups is 1. The van der Waals surface area contributed by atoms with Gasteiger partial charge in [-0.25, -0.2) is 4.79 Å². The largest absolute Gasteiger partial charge is 0.449 e. The molecule has 0 radical (unpaired) electrons. The minimum Gasteiger partial charge on any atom is -0.449 e. The second-order valence-corrected chi connectivity index (χ2v) is 11.7. The Morgan fingerprint density at radius 3 is 2.31 bits per heavy atom. The van der Waals surface area contributed by atoms with Crippen LogP contribution in [-0.2, 0) is 14.3 Å². The maximum absolute atomic E-state index is 13.2. The molecule has 3 N–H and O–H groups in total. The number of rotatable bonds is 15. The van der Waals surface area contributed by atoms with E-state index in [9.17, 15) is 19.5 Å². The van der Waals surface area contributed by atoms with Crippen molar-refractivity contribution in [2.75, 3.05) is 6.61 Å². The quantitative estimate of drug-likeness (QED) is 0.297. The number of ketones is 1. The molecule has 0 heterocycles. The first-order valence-electron chi connectivity index (χ1n) is 14.1. The Bertz CT molecular complexity index is 674. The fourth-order valence-electron chi connectivity index (χ4n) is 5.27. The summed E-state index contributed by atoms with van der Waals surface area (Å²) in [6.45, 7) is 10.7. The van der Waals surface area contributed by atoms with Gasteiger partial charge in [-0.05, 0) is 49.9 Å². The number of amides is 2. The fourth-order valence-corrected chi connectivity index (χ4v) is 5.27. The molecule has 0 aliphatic heterocycles. The number of unbranched alkanes of at least 4 members (excludes halogenated alkanes) is 1. The van der Waals surface area contributed by atoms with E-state index < -0.39 is 30.2 Å². The lowest BCUT2D eigenvalue weighted by atomic mass is 9.90. The Balaban J connectivity index is 1.96. The van der Waals surface area contributed by atoms with Crippen LogP contribution in [0.5, 0.6) is 0 Å². The summed E-state index contributed by atoms with van der Waals surface area (Å²) >= 11 is 0. The van der Waals surface area contributed by atoms with Crippen LogP contribution in [0.2, 0.25) is 0 Å². The summed E-state index contributed by atoms with van der Waals surface area (Å²) in [5.74, 6) is 0.393. The summed E-state index contributed by atoms with van der Waals surface area (Å²) in [4.78, 5) is 38.2. The van der Waals surface area contributed by atoms with Crippen molar-refractivity contribution in [2.24, 2.45) is 29.6 Å². The maximum atomic E-state index is 13.2. The van der Waals surface area contributed by atoms with E-state index in [-0.39, 0.29) is 23.5 Å². The molecule has 3 unspecified atom stereocenters. The third-order valence-electron chi connectivity index (χ3n) is 7.54. The van der Waals surface area contributed by atoms with Crippen molar-refractivity contribution in [2.45, 2.75) is 123 Å². The van der Waals surface area contributed by atoms with Crippen molar-refractivity contribution in [1.29, 1.82) is 0 Å². The molecule has 7 heteroatoms. The van der Waals surface area contributed by atoms with Crippen molar-refractivity contribution < 1.29 is 24.2 Å². The van der Waals surface area contributed by atoms with Gasteiger partial charge < -0.3 is 20.5 Å². The average molecular weight is 495 g/mol. The average Bonchev–Trinajstić information content (AvgIpc) is 3.47. The number of alkyl carbamates (subject to hydrolysis) is 1. The molecule has 202 valence electrons. The topological polar surface area (TPSA) is 105 Å². The maximum Gasteiger partial charge on any atom is 0.407 e. The highest BCUT2D eigenvalue weighted by Crippen LogP contribution is 2.42. The van der Waals surface area contributed by atoms with Gasteiger partial charge in [0.25, 0.3) is 0 Å². The summed E-state index contributed by atoms with van der Waals surface area (Å²) in [5.41, 5.74) is 0. The van der Waals surface area contributed by atoms with E-state index in [1.54, 1.807) is 0 Å². The second-order valence-electron chi connectivity index (χ2n) is 11.7. The molecule has 2 saturated carbocycles. The van der Waals surface area contributed by atoms with Crippen LogP contribution in [0.3, 0.4) is 0 Å². The van der Waals surface area contributed by atoms with E-state index in [0.717, 1.165) is 38.5 Å². The summed E-state index contributed by atoms with van der Waals surface area (Å²) in [5, 5.41) is 16.8. The predicted molar refractivity (Wildman–Crippen MR) is 138 cm³/mol. The lowest BCUT2D eigenvalue weighted by Gasteiger charge is -2.28. The minimum absolute atomic E-state index is 0.104. The van der Waals surface area contributed by atoms with Gasteiger partial charge in [-0.1, -0.05) is 73.1 Å². The molecule has 2 rings (SSSR count). The van der Waals surface area contributed by atoms with Gasteiger partial charge in [-0.15, -0.1) is 0 Å². The number of hydrogen-bond acceptors (Lipinski definition) is 5. The molecule has 0 aromatic rings. The SMILES string of the molecule is CCCC[C@H](NC(=O)[C@H](CC(C)C)NC(=O)OCC1CCCCC1)C(O)C1C(=O)C1CCC(C)C.